The van der Waals surface area contributed by atoms with Gasteiger partial charge in [-0.3, -0.25) is 9.78 Å². The second-order valence-corrected chi connectivity index (χ2v) is 7.55. The lowest BCUT2D eigenvalue weighted by Crippen LogP contribution is -2.49. The van der Waals surface area contributed by atoms with Crippen LogP contribution in [0.4, 0.5) is 5.69 Å². The monoisotopic (exact) mass is 389 g/mol. The van der Waals surface area contributed by atoms with E-state index in [-0.39, 0.29) is 5.91 Å². The van der Waals surface area contributed by atoms with E-state index in [4.69, 9.17) is 0 Å². The zero-order chi connectivity index (χ0) is 19.1. The molecule has 5 rings (SSSR count). The number of rotatable bonds is 2. The summed E-state index contributed by atoms with van der Waals surface area (Å²) in [6, 6.07) is 16.0. The Labute approximate surface area is 166 Å². The maximum absolute atomic E-state index is 13.1. The van der Waals surface area contributed by atoms with Gasteiger partial charge < -0.3 is 9.80 Å². The lowest BCUT2D eigenvalue weighted by Gasteiger charge is -2.36. The molecule has 7 heteroatoms. The number of amides is 1. The summed E-state index contributed by atoms with van der Waals surface area (Å²) in [5.41, 5.74) is 5.35. The Morgan fingerprint density at radius 1 is 0.964 bits per heavy atom. The van der Waals surface area contributed by atoms with Gasteiger partial charge in [0.2, 0.25) is 0 Å². The van der Waals surface area contributed by atoms with E-state index in [9.17, 15) is 4.79 Å². The number of aryl methyl sites for hydroxylation is 1. The first kappa shape index (κ1) is 17.1. The highest BCUT2D eigenvalue weighted by Crippen LogP contribution is 2.28. The van der Waals surface area contributed by atoms with Crippen molar-refractivity contribution in [3.05, 3.63) is 59.8 Å². The van der Waals surface area contributed by atoms with Crippen LogP contribution in [0, 0.1) is 6.92 Å². The fourth-order valence-corrected chi connectivity index (χ4v) is 4.40. The van der Waals surface area contributed by atoms with Gasteiger partial charge in [-0.1, -0.05) is 24.3 Å². The molecule has 1 amide bonds. The van der Waals surface area contributed by atoms with Crippen LogP contribution in [0.15, 0.2) is 48.5 Å². The molecule has 0 N–H and O–H groups in total. The number of para-hydroxylation sites is 1. The average molecular weight is 389 g/mol. The van der Waals surface area contributed by atoms with Crippen molar-refractivity contribution in [3.63, 3.8) is 0 Å². The fourth-order valence-electron chi connectivity index (χ4n) is 3.85. The summed E-state index contributed by atoms with van der Waals surface area (Å²) in [6.45, 7) is 4.98. The van der Waals surface area contributed by atoms with Gasteiger partial charge in [-0.25, -0.2) is 0 Å². The van der Waals surface area contributed by atoms with Crippen LogP contribution in [-0.4, -0.2) is 50.7 Å². The van der Waals surface area contributed by atoms with Crippen LogP contribution in [0.5, 0.6) is 0 Å². The number of hydrogen-bond donors (Lipinski definition) is 0. The number of benzene rings is 2. The van der Waals surface area contributed by atoms with Crippen LogP contribution in [0.1, 0.15) is 16.1 Å². The Morgan fingerprint density at radius 2 is 1.75 bits per heavy atom. The number of piperazine rings is 1. The second-order valence-electron chi connectivity index (χ2n) is 7.02. The standard InChI is InChI=1S/C21H19N5OS/c1-14-13-19(15-5-2-3-7-17(15)22-14)25-9-11-26(12-10-25)21(27)16-6-4-8-18-20(16)24-28-23-18/h2-8,13H,9-12H2,1H3. The molecule has 6 nitrogen and oxygen atoms in total. The van der Waals surface area contributed by atoms with E-state index in [2.05, 4.69) is 30.8 Å². The van der Waals surface area contributed by atoms with Gasteiger partial charge in [-0.2, -0.15) is 8.75 Å². The summed E-state index contributed by atoms with van der Waals surface area (Å²) in [5, 5.41) is 1.16. The first-order chi connectivity index (χ1) is 13.7. The summed E-state index contributed by atoms with van der Waals surface area (Å²) in [5.74, 6) is 0.0358. The summed E-state index contributed by atoms with van der Waals surface area (Å²) in [6.07, 6.45) is 0. The van der Waals surface area contributed by atoms with Crippen molar-refractivity contribution < 1.29 is 4.79 Å². The highest BCUT2D eigenvalue weighted by Gasteiger charge is 2.25. The lowest BCUT2D eigenvalue weighted by atomic mass is 10.1. The van der Waals surface area contributed by atoms with Crippen molar-refractivity contribution >= 4 is 45.3 Å². The van der Waals surface area contributed by atoms with Gasteiger partial charge in [-0.15, -0.1) is 0 Å². The van der Waals surface area contributed by atoms with Gasteiger partial charge in [0.05, 0.1) is 22.8 Å². The van der Waals surface area contributed by atoms with E-state index in [1.54, 1.807) is 0 Å². The maximum Gasteiger partial charge on any atom is 0.256 e. The predicted molar refractivity (Wildman–Crippen MR) is 112 cm³/mol. The normalized spacial score (nSPS) is 14.8. The first-order valence-corrected chi connectivity index (χ1v) is 10.1. The van der Waals surface area contributed by atoms with Gasteiger partial charge in [0.15, 0.2) is 0 Å². The molecule has 0 saturated carbocycles. The molecule has 0 unspecified atom stereocenters. The van der Waals surface area contributed by atoms with Gasteiger partial charge in [0.25, 0.3) is 5.91 Å². The topological polar surface area (TPSA) is 62.2 Å². The van der Waals surface area contributed by atoms with Crippen LogP contribution in [0.2, 0.25) is 0 Å². The minimum Gasteiger partial charge on any atom is -0.367 e. The molecule has 28 heavy (non-hydrogen) atoms. The first-order valence-electron chi connectivity index (χ1n) is 9.32. The Balaban J connectivity index is 1.38. The summed E-state index contributed by atoms with van der Waals surface area (Å²) in [4.78, 5) is 22.0. The number of aromatic nitrogens is 3. The SMILES string of the molecule is Cc1cc(N2CCN(C(=O)c3cccc4nsnc34)CC2)c2ccccc2n1. The lowest BCUT2D eigenvalue weighted by molar-refractivity contribution is 0.0748. The number of anilines is 1. The second kappa shape index (κ2) is 6.83. The molecular formula is C21H19N5OS. The molecule has 1 aliphatic rings. The zero-order valence-corrected chi connectivity index (χ0v) is 16.3. The van der Waals surface area contributed by atoms with Crippen molar-refractivity contribution in [2.24, 2.45) is 0 Å². The molecule has 3 heterocycles. The third-order valence-electron chi connectivity index (χ3n) is 5.25. The van der Waals surface area contributed by atoms with Crippen LogP contribution in [-0.2, 0) is 0 Å². The third kappa shape index (κ3) is 2.88. The van der Waals surface area contributed by atoms with Gasteiger partial charge in [0.1, 0.15) is 11.0 Å². The van der Waals surface area contributed by atoms with Crippen LogP contribution in [0.3, 0.4) is 0 Å². The number of hydrogen-bond acceptors (Lipinski definition) is 6. The van der Waals surface area contributed by atoms with Gasteiger partial charge in [0, 0.05) is 42.9 Å². The Hall–Kier alpha value is -3.06. The van der Waals surface area contributed by atoms with Crippen molar-refractivity contribution in [2.75, 3.05) is 31.1 Å². The van der Waals surface area contributed by atoms with E-state index in [1.807, 2.05) is 48.2 Å². The number of carbonyl (C=O) groups is 1. The van der Waals surface area contributed by atoms with E-state index in [0.717, 1.165) is 46.9 Å². The minimum absolute atomic E-state index is 0.0358. The van der Waals surface area contributed by atoms with Crippen molar-refractivity contribution in [1.82, 2.24) is 18.6 Å². The molecule has 1 aliphatic heterocycles. The largest absolute Gasteiger partial charge is 0.367 e. The Bertz CT molecular complexity index is 1180. The molecule has 2 aromatic heterocycles. The van der Waals surface area contributed by atoms with E-state index in [0.29, 0.717) is 24.2 Å². The van der Waals surface area contributed by atoms with Crippen molar-refractivity contribution in [3.8, 4) is 0 Å². The van der Waals surface area contributed by atoms with E-state index in [1.165, 1.54) is 5.69 Å². The Morgan fingerprint density at radius 3 is 2.61 bits per heavy atom. The van der Waals surface area contributed by atoms with E-state index < -0.39 is 0 Å². The fraction of sp³-hybridized carbons (Fsp3) is 0.238. The maximum atomic E-state index is 13.1. The molecule has 0 bridgehead atoms. The molecule has 4 aromatic rings. The highest BCUT2D eigenvalue weighted by atomic mass is 32.1. The molecule has 0 spiro atoms. The molecule has 140 valence electrons. The number of nitrogens with zero attached hydrogens (tertiary/aromatic N) is 5. The average Bonchev–Trinajstić information content (AvgIpc) is 3.22. The summed E-state index contributed by atoms with van der Waals surface area (Å²) >= 11 is 1.15. The smallest absolute Gasteiger partial charge is 0.256 e. The van der Waals surface area contributed by atoms with Gasteiger partial charge >= 0.3 is 0 Å². The molecule has 0 aliphatic carbocycles. The van der Waals surface area contributed by atoms with Crippen molar-refractivity contribution in [2.45, 2.75) is 6.92 Å². The van der Waals surface area contributed by atoms with Crippen LogP contribution in [0.25, 0.3) is 21.9 Å². The summed E-state index contributed by atoms with van der Waals surface area (Å²) < 4.78 is 8.55. The zero-order valence-electron chi connectivity index (χ0n) is 15.5. The number of pyridine rings is 1. The third-order valence-corrected chi connectivity index (χ3v) is 5.79. The van der Waals surface area contributed by atoms with Gasteiger partial charge in [-0.05, 0) is 31.2 Å². The van der Waals surface area contributed by atoms with E-state index >= 15 is 0 Å². The molecular weight excluding hydrogens is 370 g/mol. The number of fused-ring (bicyclic) bond motifs is 2. The molecule has 0 radical (unpaired) electrons. The summed E-state index contributed by atoms with van der Waals surface area (Å²) in [7, 11) is 0. The minimum atomic E-state index is 0.0358. The predicted octanol–water partition coefficient (Wildman–Crippen LogP) is 3.51. The molecule has 1 fully saturated rings. The molecule has 1 saturated heterocycles. The Kier molecular flexibility index (Phi) is 4.16. The highest BCUT2D eigenvalue weighted by molar-refractivity contribution is 7.00. The molecule has 0 atom stereocenters. The van der Waals surface area contributed by atoms with Crippen LogP contribution < -0.4 is 4.90 Å². The van der Waals surface area contributed by atoms with Crippen LogP contribution >= 0.6 is 11.7 Å². The van der Waals surface area contributed by atoms with Crippen molar-refractivity contribution in [1.29, 1.82) is 0 Å². The number of carbonyl (C=O) groups excluding carboxylic acids is 1. The molecule has 2 aromatic carbocycles. The quantitative estimate of drug-likeness (QED) is 0.525.